The molecule has 1 aromatic heterocycles. The molecule has 0 spiro atoms. The number of anilines is 2. The van der Waals surface area contributed by atoms with E-state index in [-0.39, 0.29) is 18.2 Å². The predicted octanol–water partition coefficient (Wildman–Crippen LogP) is 3.82. The Morgan fingerprint density at radius 2 is 1.73 bits per heavy atom. The number of nitrogens with one attached hydrogen (secondary N) is 1. The van der Waals surface area contributed by atoms with Crippen molar-refractivity contribution in [2.75, 3.05) is 16.8 Å². The maximum atomic E-state index is 12.5. The van der Waals surface area contributed by atoms with Gasteiger partial charge in [-0.1, -0.05) is 24.3 Å². The van der Waals surface area contributed by atoms with E-state index in [4.69, 9.17) is 4.74 Å². The van der Waals surface area contributed by atoms with Gasteiger partial charge in [0, 0.05) is 31.0 Å². The summed E-state index contributed by atoms with van der Waals surface area (Å²) in [6.45, 7) is 2.02. The second-order valence-corrected chi connectivity index (χ2v) is 7.25. The number of hydrogen-bond donors (Lipinski definition) is 1. The van der Waals surface area contributed by atoms with Crippen LogP contribution >= 0.6 is 0 Å². The zero-order chi connectivity index (χ0) is 20.9. The topological polar surface area (TPSA) is 71.5 Å². The standard InChI is InChI=1S/C24H23N3O3/c1-17-24(29)27(21-4-2-3-5-22(21)30-17)15-12-23(28)26-20-8-6-18(7-9-20)16-19-10-13-25-14-11-19/h2-11,13-14,17H,12,15-16H2,1H3,(H,26,28). The highest BCUT2D eigenvalue weighted by Gasteiger charge is 2.31. The van der Waals surface area contributed by atoms with Gasteiger partial charge in [0.2, 0.25) is 5.91 Å². The lowest BCUT2D eigenvalue weighted by Gasteiger charge is -2.32. The predicted molar refractivity (Wildman–Crippen MR) is 116 cm³/mol. The van der Waals surface area contributed by atoms with Crippen LogP contribution in [0.1, 0.15) is 24.5 Å². The van der Waals surface area contributed by atoms with Gasteiger partial charge in [-0.05, 0) is 60.9 Å². The van der Waals surface area contributed by atoms with E-state index in [0.29, 0.717) is 18.0 Å². The molecule has 0 aliphatic carbocycles. The summed E-state index contributed by atoms with van der Waals surface area (Å²) < 4.78 is 5.64. The first-order chi connectivity index (χ1) is 14.6. The molecule has 3 aromatic rings. The van der Waals surface area contributed by atoms with Crippen molar-refractivity contribution in [1.29, 1.82) is 0 Å². The molecule has 1 atom stereocenters. The normalized spacial score (nSPS) is 15.3. The van der Waals surface area contributed by atoms with Crippen LogP contribution in [0.5, 0.6) is 5.75 Å². The Morgan fingerprint density at radius 3 is 2.50 bits per heavy atom. The quantitative estimate of drug-likeness (QED) is 0.682. The lowest BCUT2D eigenvalue weighted by atomic mass is 10.1. The zero-order valence-corrected chi connectivity index (χ0v) is 16.7. The summed E-state index contributed by atoms with van der Waals surface area (Å²) in [5.74, 6) is 0.387. The van der Waals surface area contributed by atoms with Gasteiger partial charge in [0.15, 0.2) is 6.10 Å². The summed E-state index contributed by atoms with van der Waals surface area (Å²) in [5.41, 5.74) is 3.78. The van der Waals surface area contributed by atoms with Crippen LogP contribution < -0.4 is 15.0 Å². The number of amides is 2. The summed E-state index contributed by atoms with van der Waals surface area (Å²) in [4.78, 5) is 30.6. The van der Waals surface area contributed by atoms with Crippen LogP contribution in [0.2, 0.25) is 0 Å². The molecule has 2 amide bonds. The van der Waals surface area contributed by atoms with Crippen molar-refractivity contribution in [3.63, 3.8) is 0 Å². The highest BCUT2D eigenvalue weighted by molar-refractivity contribution is 6.00. The lowest BCUT2D eigenvalue weighted by molar-refractivity contribution is -0.125. The fourth-order valence-electron chi connectivity index (χ4n) is 3.47. The highest BCUT2D eigenvalue weighted by atomic mass is 16.5. The highest BCUT2D eigenvalue weighted by Crippen LogP contribution is 2.33. The Labute approximate surface area is 175 Å². The minimum Gasteiger partial charge on any atom is -0.479 e. The Bertz CT molecular complexity index is 1040. The molecule has 1 aliphatic rings. The lowest BCUT2D eigenvalue weighted by Crippen LogP contribution is -2.45. The van der Waals surface area contributed by atoms with Crippen molar-refractivity contribution < 1.29 is 14.3 Å². The Kier molecular flexibility index (Phi) is 5.75. The van der Waals surface area contributed by atoms with Crippen LogP contribution in [0.25, 0.3) is 0 Å². The van der Waals surface area contributed by atoms with E-state index in [0.717, 1.165) is 17.7 Å². The van der Waals surface area contributed by atoms with Crippen LogP contribution in [-0.2, 0) is 16.0 Å². The minimum atomic E-state index is -0.559. The van der Waals surface area contributed by atoms with Gasteiger partial charge in [-0.2, -0.15) is 0 Å². The van der Waals surface area contributed by atoms with Crippen molar-refractivity contribution >= 4 is 23.2 Å². The summed E-state index contributed by atoms with van der Waals surface area (Å²) in [6, 6.07) is 19.1. The fraction of sp³-hybridized carbons (Fsp3) is 0.208. The van der Waals surface area contributed by atoms with Crippen molar-refractivity contribution in [3.8, 4) is 5.75 Å². The Morgan fingerprint density at radius 1 is 1.03 bits per heavy atom. The largest absolute Gasteiger partial charge is 0.479 e. The molecule has 6 nitrogen and oxygen atoms in total. The number of aromatic nitrogens is 1. The molecular weight excluding hydrogens is 378 g/mol. The van der Waals surface area contributed by atoms with E-state index in [2.05, 4.69) is 10.3 Å². The number of hydrogen-bond acceptors (Lipinski definition) is 4. The zero-order valence-electron chi connectivity index (χ0n) is 16.7. The summed E-state index contributed by atoms with van der Waals surface area (Å²) >= 11 is 0. The maximum absolute atomic E-state index is 12.5. The number of benzene rings is 2. The Hall–Kier alpha value is -3.67. The molecule has 0 radical (unpaired) electrons. The number of fused-ring (bicyclic) bond motifs is 1. The molecule has 1 aliphatic heterocycles. The first-order valence-corrected chi connectivity index (χ1v) is 9.95. The number of nitrogens with zero attached hydrogens (tertiary/aromatic N) is 2. The first kappa shape index (κ1) is 19.6. The van der Waals surface area contributed by atoms with Crippen LogP contribution in [0.3, 0.4) is 0 Å². The fourth-order valence-corrected chi connectivity index (χ4v) is 3.47. The van der Waals surface area contributed by atoms with E-state index in [1.807, 2.05) is 60.7 Å². The second kappa shape index (κ2) is 8.78. The van der Waals surface area contributed by atoms with Gasteiger partial charge in [-0.3, -0.25) is 14.6 Å². The van der Waals surface area contributed by atoms with Crippen molar-refractivity contribution in [2.45, 2.75) is 25.9 Å². The number of carbonyl (C=O) groups excluding carboxylic acids is 2. The average molecular weight is 401 g/mol. The molecule has 2 aromatic carbocycles. The van der Waals surface area contributed by atoms with Crippen molar-refractivity contribution in [1.82, 2.24) is 4.98 Å². The third-order valence-electron chi connectivity index (χ3n) is 5.03. The van der Waals surface area contributed by atoms with Crippen LogP contribution in [0, 0.1) is 0 Å². The van der Waals surface area contributed by atoms with Gasteiger partial charge >= 0.3 is 0 Å². The Balaban J connectivity index is 1.34. The number of para-hydroxylation sites is 2. The van der Waals surface area contributed by atoms with Crippen LogP contribution in [0.4, 0.5) is 11.4 Å². The first-order valence-electron chi connectivity index (χ1n) is 9.95. The summed E-state index contributed by atoms with van der Waals surface area (Å²) in [7, 11) is 0. The van der Waals surface area contributed by atoms with Crippen LogP contribution in [-0.4, -0.2) is 29.4 Å². The molecule has 30 heavy (non-hydrogen) atoms. The number of rotatable bonds is 6. The van der Waals surface area contributed by atoms with Gasteiger partial charge in [-0.25, -0.2) is 0 Å². The van der Waals surface area contributed by atoms with Gasteiger partial charge in [-0.15, -0.1) is 0 Å². The second-order valence-electron chi connectivity index (χ2n) is 7.25. The van der Waals surface area contributed by atoms with Gasteiger partial charge in [0.1, 0.15) is 5.75 Å². The van der Waals surface area contributed by atoms with E-state index in [1.54, 1.807) is 24.2 Å². The molecule has 2 heterocycles. The number of carbonyl (C=O) groups is 2. The maximum Gasteiger partial charge on any atom is 0.267 e. The third-order valence-corrected chi connectivity index (χ3v) is 5.03. The average Bonchev–Trinajstić information content (AvgIpc) is 2.76. The van der Waals surface area contributed by atoms with E-state index >= 15 is 0 Å². The SMILES string of the molecule is CC1Oc2ccccc2N(CCC(=O)Nc2ccc(Cc3ccncc3)cc2)C1=O. The molecular formula is C24H23N3O3. The molecule has 0 saturated heterocycles. The van der Waals surface area contributed by atoms with E-state index in [9.17, 15) is 9.59 Å². The number of ether oxygens (including phenoxy) is 1. The van der Waals surface area contributed by atoms with Crippen LogP contribution in [0.15, 0.2) is 73.1 Å². The van der Waals surface area contributed by atoms with Gasteiger partial charge in [0.05, 0.1) is 5.69 Å². The minimum absolute atomic E-state index is 0.137. The molecule has 0 bridgehead atoms. The summed E-state index contributed by atoms with van der Waals surface area (Å²) in [6.07, 6.45) is 4.01. The van der Waals surface area contributed by atoms with E-state index in [1.165, 1.54) is 5.56 Å². The van der Waals surface area contributed by atoms with Crippen molar-refractivity contribution in [2.24, 2.45) is 0 Å². The molecule has 6 heteroatoms. The summed E-state index contributed by atoms with van der Waals surface area (Å²) in [5, 5.41) is 2.90. The van der Waals surface area contributed by atoms with Gasteiger partial charge in [0.25, 0.3) is 5.91 Å². The molecule has 0 saturated carbocycles. The molecule has 152 valence electrons. The molecule has 0 fully saturated rings. The molecule has 4 rings (SSSR count). The number of pyridine rings is 1. The third kappa shape index (κ3) is 4.49. The molecule has 1 N–H and O–H groups in total. The molecule has 1 unspecified atom stereocenters. The van der Waals surface area contributed by atoms with Crippen molar-refractivity contribution in [3.05, 3.63) is 84.2 Å². The smallest absolute Gasteiger partial charge is 0.267 e. The van der Waals surface area contributed by atoms with Gasteiger partial charge < -0.3 is 15.0 Å². The monoisotopic (exact) mass is 401 g/mol. The van der Waals surface area contributed by atoms with E-state index < -0.39 is 6.10 Å².